The van der Waals surface area contributed by atoms with Gasteiger partial charge in [0.2, 0.25) is 10.0 Å². The van der Waals surface area contributed by atoms with Crippen LogP contribution in [0.1, 0.15) is 55.3 Å². The van der Waals surface area contributed by atoms with Gasteiger partial charge in [-0.05, 0) is 37.1 Å². The number of carboxylic acids is 1. The average molecular weight is 311 g/mol. The highest BCUT2D eigenvalue weighted by molar-refractivity contribution is 7.89. The Balaban J connectivity index is 2.07. The fourth-order valence-electron chi connectivity index (χ4n) is 2.64. The number of sulfonamides is 1. The van der Waals surface area contributed by atoms with Crippen LogP contribution in [0.2, 0.25) is 0 Å². The topological polar surface area (TPSA) is 83.5 Å². The highest BCUT2D eigenvalue weighted by Gasteiger charge is 2.20. The summed E-state index contributed by atoms with van der Waals surface area (Å²) in [4.78, 5) is 10.9. The number of carboxylic acid groups (broad SMARTS) is 1. The van der Waals surface area contributed by atoms with Crippen molar-refractivity contribution in [3.05, 3.63) is 29.8 Å². The third-order valence-electron chi connectivity index (χ3n) is 3.84. The summed E-state index contributed by atoms with van der Waals surface area (Å²) >= 11 is 0. The van der Waals surface area contributed by atoms with Crippen LogP contribution < -0.4 is 4.72 Å². The predicted octanol–water partition coefficient (Wildman–Crippen LogP) is 2.78. The number of nitrogens with one attached hydrogen (secondary N) is 1. The Bertz CT molecular complexity index is 572. The highest BCUT2D eigenvalue weighted by Crippen LogP contribution is 2.19. The van der Waals surface area contributed by atoms with Crippen LogP contribution in [0.5, 0.6) is 0 Å². The van der Waals surface area contributed by atoms with Gasteiger partial charge < -0.3 is 5.11 Å². The van der Waals surface area contributed by atoms with E-state index in [1.54, 1.807) is 0 Å². The monoisotopic (exact) mass is 311 g/mol. The van der Waals surface area contributed by atoms with E-state index in [9.17, 15) is 13.2 Å². The van der Waals surface area contributed by atoms with E-state index >= 15 is 0 Å². The summed E-state index contributed by atoms with van der Waals surface area (Å²) in [5, 5.41) is 8.83. The molecule has 0 radical (unpaired) electrons. The molecule has 1 aliphatic carbocycles. The van der Waals surface area contributed by atoms with E-state index in [4.69, 9.17) is 5.11 Å². The van der Waals surface area contributed by atoms with Crippen LogP contribution in [0, 0.1) is 0 Å². The Morgan fingerprint density at radius 2 is 1.52 bits per heavy atom. The highest BCUT2D eigenvalue weighted by atomic mass is 32.2. The van der Waals surface area contributed by atoms with Crippen molar-refractivity contribution in [2.45, 2.75) is 55.9 Å². The number of carbonyl (C=O) groups is 1. The zero-order valence-corrected chi connectivity index (χ0v) is 12.7. The number of benzene rings is 1. The Morgan fingerprint density at radius 3 is 2.05 bits per heavy atom. The van der Waals surface area contributed by atoms with Crippen molar-refractivity contribution in [3.8, 4) is 0 Å². The smallest absolute Gasteiger partial charge is 0.335 e. The van der Waals surface area contributed by atoms with E-state index < -0.39 is 16.0 Å². The lowest BCUT2D eigenvalue weighted by Gasteiger charge is -2.21. The minimum Gasteiger partial charge on any atom is -0.478 e. The molecule has 6 heteroatoms. The molecule has 1 saturated carbocycles. The first-order valence-electron chi connectivity index (χ1n) is 7.35. The molecule has 1 aliphatic rings. The maximum atomic E-state index is 12.3. The van der Waals surface area contributed by atoms with E-state index in [2.05, 4.69) is 4.72 Å². The fourth-order valence-corrected chi connectivity index (χ4v) is 3.94. The Morgan fingerprint density at radius 1 is 1.00 bits per heavy atom. The van der Waals surface area contributed by atoms with Gasteiger partial charge in [0.25, 0.3) is 0 Å². The molecule has 1 fully saturated rings. The van der Waals surface area contributed by atoms with E-state index in [1.807, 2.05) is 0 Å². The quantitative estimate of drug-likeness (QED) is 0.895. The van der Waals surface area contributed by atoms with Crippen molar-refractivity contribution in [1.29, 1.82) is 0 Å². The molecule has 0 heterocycles. The molecular weight excluding hydrogens is 290 g/mol. The second-order valence-corrected chi connectivity index (χ2v) is 7.21. The first-order valence-corrected chi connectivity index (χ1v) is 8.83. The van der Waals surface area contributed by atoms with Crippen LogP contribution in [0.4, 0.5) is 0 Å². The summed E-state index contributed by atoms with van der Waals surface area (Å²) in [6, 6.07) is 5.29. The van der Waals surface area contributed by atoms with Crippen molar-refractivity contribution in [2.24, 2.45) is 0 Å². The van der Waals surface area contributed by atoms with Crippen LogP contribution in [-0.2, 0) is 10.0 Å². The van der Waals surface area contributed by atoms with Crippen molar-refractivity contribution < 1.29 is 18.3 Å². The molecule has 2 rings (SSSR count). The second kappa shape index (κ2) is 7.04. The largest absolute Gasteiger partial charge is 0.478 e. The van der Waals surface area contributed by atoms with E-state index in [-0.39, 0.29) is 16.5 Å². The minimum atomic E-state index is -3.57. The number of aromatic carboxylic acids is 1. The van der Waals surface area contributed by atoms with E-state index in [0.717, 1.165) is 38.5 Å². The first kappa shape index (κ1) is 16.0. The van der Waals surface area contributed by atoms with Gasteiger partial charge in [0, 0.05) is 6.04 Å². The molecule has 21 heavy (non-hydrogen) atoms. The SMILES string of the molecule is O=C(O)c1ccc(S(=O)(=O)NC2CCCCCCC2)cc1. The molecule has 2 N–H and O–H groups in total. The minimum absolute atomic E-state index is 0.0190. The zero-order valence-electron chi connectivity index (χ0n) is 11.9. The lowest BCUT2D eigenvalue weighted by atomic mass is 9.97. The maximum absolute atomic E-state index is 12.3. The van der Waals surface area contributed by atoms with Gasteiger partial charge in [-0.15, -0.1) is 0 Å². The molecule has 0 unspecified atom stereocenters. The molecule has 0 aliphatic heterocycles. The molecule has 1 aromatic carbocycles. The summed E-state index contributed by atoms with van der Waals surface area (Å²) in [6.45, 7) is 0. The van der Waals surface area contributed by atoms with Crippen molar-refractivity contribution >= 4 is 16.0 Å². The molecule has 0 saturated heterocycles. The van der Waals surface area contributed by atoms with Gasteiger partial charge in [-0.1, -0.05) is 32.1 Å². The molecule has 0 amide bonds. The molecule has 1 aromatic rings. The summed E-state index contributed by atoms with van der Waals surface area (Å²) < 4.78 is 27.4. The van der Waals surface area contributed by atoms with Crippen LogP contribution in [0.25, 0.3) is 0 Å². The van der Waals surface area contributed by atoms with Crippen LogP contribution in [-0.4, -0.2) is 25.5 Å². The second-order valence-electron chi connectivity index (χ2n) is 5.49. The number of hydrogen-bond donors (Lipinski definition) is 2. The lowest BCUT2D eigenvalue weighted by Crippen LogP contribution is -2.35. The van der Waals surface area contributed by atoms with Crippen LogP contribution in [0.3, 0.4) is 0 Å². The van der Waals surface area contributed by atoms with Crippen LogP contribution in [0.15, 0.2) is 29.2 Å². The third-order valence-corrected chi connectivity index (χ3v) is 5.37. The summed E-state index contributed by atoms with van der Waals surface area (Å²) in [7, 11) is -3.57. The molecular formula is C15H21NO4S. The summed E-state index contributed by atoms with van der Waals surface area (Å²) in [5.41, 5.74) is 0.0832. The molecule has 0 spiro atoms. The van der Waals surface area contributed by atoms with Gasteiger partial charge in [0.1, 0.15) is 0 Å². The van der Waals surface area contributed by atoms with Crippen molar-refractivity contribution in [1.82, 2.24) is 4.72 Å². The van der Waals surface area contributed by atoms with Crippen LogP contribution >= 0.6 is 0 Å². The molecule has 5 nitrogen and oxygen atoms in total. The fraction of sp³-hybridized carbons (Fsp3) is 0.533. The van der Waals surface area contributed by atoms with Gasteiger partial charge in [0.15, 0.2) is 0 Å². The Kier molecular flexibility index (Phi) is 5.36. The van der Waals surface area contributed by atoms with E-state index in [1.165, 1.54) is 30.7 Å². The van der Waals surface area contributed by atoms with Gasteiger partial charge in [0.05, 0.1) is 10.5 Å². The van der Waals surface area contributed by atoms with Gasteiger partial charge in [-0.25, -0.2) is 17.9 Å². The molecule has 0 bridgehead atoms. The van der Waals surface area contributed by atoms with Crippen molar-refractivity contribution in [2.75, 3.05) is 0 Å². The number of hydrogen-bond acceptors (Lipinski definition) is 3. The van der Waals surface area contributed by atoms with Gasteiger partial charge >= 0.3 is 5.97 Å². The molecule has 116 valence electrons. The molecule has 0 aromatic heterocycles. The van der Waals surface area contributed by atoms with Gasteiger partial charge in [-0.2, -0.15) is 0 Å². The Labute approximate surface area is 125 Å². The maximum Gasteiger partial charge on any atom is 0.335 e. The normalized spacial score (nSPS) is 17.9. The summed E-state index contributed by atoms with van der Waals surface area (Å²) in [5.74, 6) is -1.06. The van der Waals surface area contributed by atoms with E-state index in [0.29, 0.717) is 0 Å². The predicted molar refractivity (Wildman–Crippen MR) is 79.8 cm³/mol. The Hall–Kier alpha value is -1.40. The summed E-state index contributed by atoms with van der Waals surface area (Å²) in [6.07, 6.45) is 7.38. The standard InChI is InChI=1S/C15H21NO4S/c17-15(18)12-8-10-14(11-9-12)21(19,20)16-13-6-4-2-1-3-5-7-13/h8-11,13,16H,1-7H2,(H,17,18). The zero-order chi connectivity index (χ0) is 15.3. The van der Waals surface area contributed by atoms with Crippen molar-refractivity contribution in [3.63, 3.8) is 0 Å². The average Bonchev–Trinajstić information content (AvgIpc) is 2.42. The van der Waals surface area contributed by atoms with Gasteiger partial charge in [-0.3, -0.25) is 0 Å². The lowest BCUT2D eigenvalue weighted by molar-refractivity contribution is 0.0696. The molecule has 0 atom stereocenters. The first-order chi connectivity index (χ1) is 9.99. The number of rotatable bonds is 4. The third kappa shape index (κ3) is 4.54.